The summed E-state index contributed by atoms with van der Waals surface area (Å²) in [5.41, 5.74) is 1.21. The monoisotopic (exact) mass is 483 g/mol. The summed E-state index contributed by atoms with van der Waals surface area (Å²) in [5.74, 6) is 2.95. The zero-order valence-electron chi connectivity index (χ0n) is 22.0. The van der Waals surface area contributed by atoms with Gasteiger partial charge in [0.05, 0.1) is 13.0 Å². The number of aromatic nitrogens is 3. The van der Waals surface area contributed by atoms with Gasteiger partial charge < -0.3 is 24.8 Å². The number of carbonyl (C=O) groups is 1. The van der Waals surface area contributed by atoms with Crippen LogP contribution >= 0.6 is 0 Å². The lowest BCUT2D eigenvalue weighted by atomic mass is 9.96. The van der Waals surface area contributed by atoms with E-state index in [0.29, 0.717) is 30.9 Å². The van der Waals surface area contributed by atoms with Crippen molar-refractivity contribution in [2.45, 2.75) is 47.0 Å². The van der Waals surface area contributed by atoms with Crippen molar-refractivity contribution in [2.24, 2.45) is 5.92 Å². The molecular weight excluding hydrogens is 442 g/mol. The highest BCUT2D eigenvalue weighted by Gasteiger charge is 2.30. The Labute approximate surface area is 209 Å². The number of amides is 1. The van der Waals surface area contributed by atoms with Gasteiger partial charge in [-0.1, -0.05) is 12.1 Å². The first-order chi connectivity index (χ1) is 17.0. The van der Waals surface area contributed by atoms with Gasteiger partial charge in [0.1, 0.15) is 5.75 Å². The van der Waals surface area contributed by atoms with Crippen LogP contribution in [0, 0.1) is 5.92 Å². The predicted octanol–water partition coefficient (Wildman–Crippen LogP) is 3.47. The van der Waals surface area contributed by atoms with Crippen LogP contribution < -0.4 is 19.9 Å². The number of piperidine rings is 1. The van der Waals surface area contributed by atoms with E-state index in [9.17, 15) is 4.79 Å². The second kappa shape index (κ2) is 13.1. The Hall–Kier alpha value is -3.10. The van der Waals surface area contributed by atoms with Gasteiger partial charge in [0.2, 0.25) is 23.8 Å². The molecule has 1 unspecified atom stereocenters. The molecule has 2 heterocycles. The fraction of sp³-hybridized carbons (Fsp3) is 0.615. The molecule has 0 saturated carbocycles. The highest BCUT2D eigenvalue weighted by molar-refractivity contribution is 5.79. The SMILES string of the molecule is CCN(CC)C(=O)C1CCCN(c2nc(NCCc3ccc(OC)cc3)nc(N(CC)CC)n2)C1. The van der Waals surface area contributed by atoms with E-state index in [1.54, 1.807) is 7.11 Å². The van der Waals surface area contributed by atoms with Gasteiger partial charge in [-0.25, -0.2) is 0 Å². The third-order valence-corrected chi connectivity index (χ3v) is 6.64. The zero-order chi connectivity index (χ0) is 25.2. The average Bonchev–Trinajstić information content (AvgIpc) is 2.90. The van der Waals surface area contributed by atoms with Crippen molar-refractivity contribution in [3.8, 4) is 5.75 Å². The largest absolute Gasteiger partial charge is 0.497 e. The smallest absolute Gasteiger partial charge is 0.231 e. The van der Waals surface area contributed by atoms with Gasteiger partial charge in [-0.2, -0.15) is 15.0 Å². The van der Waals surface area contributed by atoms with Crippen LogP contribution in [0.4, 0.5) is 17.8 Å². The molecule has 9 nitrogen and oxygen atoms in total. The summed E-state index contributed by atoms with van der Waals surface area (Å²) in [7, 11) is 1.67. The van der Waals surface area contributed by atoms with Crippen molar-refractivity contribution < 1.29 is 9.53 Å². The van der Waals surface area contributed by atoms with E-state index >= 15 is 0 Å². The van der Waals surface area contributed by atoms with E-state index in [-0.39, 0.29) is 11.8 Å². The summed E-state index contributed by atoms with van der Waals surface area (Å²) in [6.07, 6.45) is 2.70. The minimum absolute atomic E-state index is 0.0243. The number of methoxy groups -OCH3 is 1. The van der Waals surface area contributed by atoms with E-state index in [4.69, 9.17) is 19.7 Å². The van der Waals surface area contributed by atoms with Gasteiger partial charge in [-0.3, -0.25) is 4.79 Å². The standard InChI is InChI=1S/C26H41N7O2/c1-6-31(7-2)23(34)21-11-10-18-33(19-21)26-29-24(28-25(30-26)32(8-3)9-4)27-17-16-20-12-14-22(35-5)15-13-20/h12-15,21H,6-11,16-19H2,1-5H3,(H,27,28,29,30). The summed E-state index contributed by atoms with van der Waals surface area (Å²) in [5, 5.41) is 3.39. The molecule has 35 heavy (non-hydrogen) atoms. The third kappa shape index (κ3) is 6.96. The first-order valence-electron chi connectivity index (χ1n) is 12.9. The van der Waals surface area contributed by atoms with E-state index in [1.807, 2.05) is 30.9 Å². The minimum Gasteiger partial charge on any atom is -0.497 e. The second-order valence-corrected chi connectivity index (χ2v) is 8.75. The summed E-state index contributed by atoms with van der Waals surface area (Å²) >= 11 is 0. The molecule has 1 aliphatic heterocycles. The van der Waals surface area contributed by atoms with Crippen LogP contribution in [0.2, 0.25) is 0 Å². The molecule has 0 radical (unpaired) electrons. The van der Waals surface area contributed by atoms with Gasteiger partial charge >= 0.3 is 0 Å². The maximum Gasteiger partial charge on any atom is 0.231 e. The fourth-order valence-corrected chi connectivity index (χ4v) is 4.49. The Morgan fingerprint density at radius 2 is 1.77 bits per heavy atom. The van der Waals surface area contributed by atoms with E-state index in [0.717, 1.165) is 57.7 Å². The van der Waals surface area contributed by atoms with Crippen LogP contribution in [0.3, 0.4) is 0 Å². The summed E-state index contributed by atoms with van der Waals surface area (Å²) in [4.78, 5) is 33.5. The number of nitrogens with one attached hydrogen (secondary N) is 1. The summed E-state index contributed by atoms with van der Waals surface area (Å²) in [6, 6.07) is 8.09. The van der Waals surface area contributed by atoms with Crippen LogP contribution in [0.1, 0.15) is 46.1 Å². The molecule has 1 saturated heterocycles. The fourth-order valence-electron chi connectivity index (χ4n) is 4.49. The number of carbonyl (C=O) groups excluding carboxylic acids is 1. The van der Waals surface area contributed by atoms with Crippen molar-refractivity contribution in [3.05, 3.63) is 29.8 Å². The number of ether oxygens (including phenoxy) is 1. The zero-order valence-corrected chi connectivity index (χ0v) is 22.0. The number of anilines is 3. The molecule has 0 spiro atoms. The van der Waals surface area contributed by atoms with Crippen LogP contribution in [0.15, 0.2) is 24.3 Å². The van der Waals surface area contributed by atoms with E-state index in [1.165, 1.54) is 5.56 Å². The first kappa shape index (κ1) is 26.5. The molecule has 3 rings (SSSR count). The van der Waals surface area contributed by atoms with Gasteiger partial charge in [0.25, 0.3) is 0 Å². The molecule has 9 heteroatoms. The lowest BCUT2D eigenvalue weighted by Crippen LogP contribution is -2.45. The topological polar surface area (TPSA) is 86.7 Å². The van der Waals surface area contributed by atoms with Crippen LogP contribution in [0.25, 0.3) is 0 Å². The number of hydrogen-bond donors (Lipinski definition) is 1. The maximum absolute atomic E-state index is 13.0. The number of rotatable bonds is 12. The molecule has 1 amide bonds. The first-order valence-corrected chi connectivity index (χ1v) is 12.9. The molecule has 0 bridgehead atoms. The Morgan fingerprint density at radius 3 is 2.40 bits per heavy atom. The molecule has 0 aliphatic carbocycles. The molecule has 1 fully saturated rings. The number of hydrogen-bond acceptors (Lipinski definition) is 8. The van der Waals surface area contributed by atoms with Crippen LogP contribution in [0.5, 0.6) is 5.75 Å². The molecular formula is C26H41N7O2. The van der Waals surface area contributed by atoms with Crippen molar-refractivity contribution >= 4 is 23.8 Å². The Kier molecular flexibility index (Phi) is 9.93. The number of benzene rings is 1. The normalized spacial score (nSPS) is 15.6. The van der Waals surface area contributed by atoms with Gasteiger partial charge in [0, 0.05) is 45.8 Å². The predicted molar refractivity (Wildman–Crippen MR) is 141 cm³/mol. The Bertz CT molecular complexity index is 930. The molecule has 1 atom stereocenters. The summed E-state index contributed by atoms with van der Waals surface area (Å²) in [6.45, 7) is 13.6. The average molecular weight is 484 g/mol. The van der Waals surface area contributed by atoms with Gasteiger partial charge in [-0.05, 0) is 64.7 Å². The molecule has 1 aromatic carbocycles. The second-order valence-electron chi connectivity index (χ2n) is 8.75. The van der Waals surface area contributed by atoms with Crippen molar-refractivity contribution in [2.75, 3.05) is 68.0 Å². The van der Waals surface area contributed by atoms with Crippen LogP contribution in [-0.4, -0.2) is 78.7 Å². The van der Waals surface area contributed by atoms with Crippen molar-refractivity contribution in [3.63, 3.8) is 0 Å². The van der Waals surface area contributed by atoms with Gasteiger partial charge in [-0.15, -0.1) is 0 Å². The van der Waals surface area contributed by atoms with E-state index in [2.05, 4.69) is 41.1 Å². The molecule has 1 N–H and O–H groups in total. The molecule has 1 aliphatic rings. The molecule has 2 aromatic rings. The quantitative estimate of drug-likeness (QED) is 0.491. The van der Waals surface area contributed by atoms with Crippen molar-refractivity contribution in [1.29, 1.82) is 0 Å². The number of nitrogens with zero attached hydrogens (tertiary/aromatic N) is 6. The highest BCUT2D eigenvalue weighted by atomic mass is 16.5. The third-order valence-electron chi connectivity index (χ3n) is 6.64. The maximum atomic E-state index is 13.0. The summed E-state index contributed by atoms with van der Waals surface area (Å²) < 4.78 is 5.24. The minimum atomic E-state index is -0.0243. The van der Waals surface area contributed by atoms with E-state index < -0.39 is 0 Å². The lowest BCUT2D eigenvalue weighted by Gasteiger charge is -2.35. The van der Waals surface area contributed by atoms with Gasteiger partial charge in [0.15, 0.2) is 0 Å². The molecule has 192 valence electrons. The Morgan fingerprint density at radius 1 is 1.06 bits per heavy atom. The Balaban J connectivity index is 1.76. The lowest BCUT2D eigenvalue weighted by molar-refractivity contribution is -0.135. The molecule has 1 aromatic heterocycles. The van der Waals surface area contributed by atoms with Crippen molar-refractivity contribution in [1.82, 2.24) is 19.9 Å². The highest BCUT2D eigenvalue weighted by Crippen LogP contribution is 2.24. The van der Waals surface area contributed by atoms with Crippen LogP contribution in [-0.2, 0) is 11.2 Å².